The monoisotopic (exact) mass is 328 g/mol. The second-order valence-electron chi connectivity index (χ2n) is 6.17. The Kier molecular flexibility index (Phi) is 9.57. The van der Waals surface area contributed by atoms with E-state index in [9.17, 15) is 14.4 Å². The number of allylic oxidation sites excluding steroid dienone is 3. The van der Waals surface area contributed by atoms with Crippen molar-refractivity contribution >= 4 is 17.9 Å². The van der Waals surface area contributed by atoms with Crippen LogP contribution in [0.4, 0.5) is 0 Å². The molecule has 2 N–H and O–H groups in total. The summed E-state index contributed by atoms with van der Waals surface area (Å²) in [5, 5.41) is 17.3. The number of aliphatic carboxylic acids is 2. The van der Waals surface area contributed by atoms with E-state index in [-0.39, 0.29) is 12.8 Å². The molecule has 0 bridgehead atoms. The van der Waals surface area contributed by atoms with Crippen molar-refractivity contribution in [1.82, 2.24) is 0 Å². The molecule has 0 aromatic carbocycles. The van der Waals surface area contributed by atoms with Crippen LogP contribution in [0, 0.1) is 0 Å². The van der Waals surface area contributed by atoms with E-state index in [1.54, 1.807) is 12.2 Å². The molecule has 0 aromatic heterocycles. The first kappa shape index (κ1) is 20.9. The third kappa shape index (κ3) is 14.5. The Hall–Kier alpha value is -2.15. The highest BCUT2D eigenvalue weighted by Crippen LogP contribution is 2.07. The Bertz CT molecular complexity index is 462. The third-order valence-electron chi connectivity index (χ3n) is 2.67. The summed E-state index contributed by atoms with van der Waals surface area (Å²) in [5.74, 6) is -2.43. The van der Waals surface area contributed by atoms with Crippen LogP contribution in [0.25, 0.3) is 0 Å². The number of ether oxygens (including phenoxy) is 1. The second kappa shape index (κ2) is 10.6. The van der Waals surface area contributed by atoms with Crippen molar-refractivity contribution in [3.63, 3.8) is 0 Å². The molecule has 7 nitrogen and oxygen atoms in total. The first-order valence-corrected chi connectivity index (χ1v) is 7.36. The lowest BCUT2D eigenvalue weighted by Crippen LogP contribution is -2.43. The molecule has 0 aromatic rings. The maximum atomic E-state index is 11.8. The molecule has 23 heavy (non-hydrogen) atoms. The van der Waals surface area contributed by atoms with Gasteiger partial charge in [-0.1, -0.05) is 18.2 Å². The number of rotatable bonds is 11. The van der Waals surface area contributed by atoms with E-state index in [1.165, 1.54) is 6.08 Å². The van der Waals surface area contributed by atoms with Gasteiger partial charge >= 0.3 is 17.9 Å². The Morgan fingerprint density at radius 1 is 1.09 bits per heavy atom. The Morgan fingerprint density at radius 2 is 1.74 bits per heavy atom. The van der Waals surface area contributed by atoms with E-state index >= 15 is 0 Å². The molecular weight excluding hydrogens is 302 g/mol. The molecular formula is C16H26NO6+. The van der Waals surface area contributed by atoms with Gasteiger partial charge in [0.05, 0.1) is 27.6 Å². The van der Waals surface area contributed by atoms with Crippen LogP contribution >= 0.6 is 0 Å². The number of esters is 1. The topological polar surface area (TPSA) is 101 Å². The number of hydrogen-bond acceptors (Lipinski definition) is 4. The molecule has 0 aliphatic heterocycles. The summed E-state index contributed by atoms with van der Waals surface area (Å²) in [6, 6.07) is 0. The van der Waals surface area contributed by atoms with Crippen molar-refractivity contribution < 1.29 is 33.8 Å². The lowest BCUT2D eigenvalue weighted by Gasteiger charge is -2.28. The maximum absolute atomic E-state index is 11.8. The van der Waals surface area contributed by atoms with Crippen molar-refractivity contribution in [2.24, 2.45) is 0 Å². The molecule has 1 unspecified atom stereocenters. The SMILES string of the molecule is C[N+](C)(C)CC(CC(=O)O)OC(=O)CC/C=C/C/C=C/C(=O)O. The minimum atomic E-state index is -0.999. The first-order valence-electron chi connectivity index (χ1n) is 7.36. The number of carbonyl (C=O) groups is 3. The van der Waals surface area contributed by atoms with Gasteiger partial charge < -0.3 is 19.4 Å². The highest BCUT2D eigenvalue weighted by molar-refractivity contribution is 5.79. The van der Waals surface area contributed by atoms with Crippen molar-refractivity contribution in [3.8, 4) is 0 Å². The van der Waals surface area contributed by atoms with Crippen LogP contribution in [-0.2, 0) is 19.1 Å². The van der Waals surface area contributed by atoms with Crippen LogP contribution in [0.5, 0.6) is 0 Å². The third-order valence-corrected chi connectivity index (χ3v) is 2.67. The van der Waals surface area contributed by atoms with E-state index in [0.717, 1.165) is 6.08 Å². The standard InChI is InChI=1S/C16H25NO6/c1-17(2,3)12-13(11-15(20)21)23-16(22)10-8-6-4-5-7-9-14(18)19/h4,6-7,9,13H,5,8,10-12H2,1-3H3,(H-,18,19,20,21)/p+1/b6-4+,9-7+. The van der Waals surface area contributed by atoms with Gasteiger partial charge in [0.15, 0.2) is 6.10 Å². The van der Waals surface area contributed by atoms with Crippen LogP contribution in [0.3, 0.4) is 0 Å². The average molecular weight is 328 g/mol. The summed E-state index contributed by atoms with van der Waals surface area (Å²) in [6.07, 6.45) is 6.31. The van der Waals surface area contributed by atoms with Gasteiger partial charge in [0.1, 0.15) is 6.54 Å². The van der Waals surface area contributed by atoms with Gasteiger partial charge in [-0.2, -0.15) is 0 Å². The molecule has 0 fully saturated rings. The van der Waals surface area contributed by atoms with E-state index in [1.807, 2.05) is 21.1 Å². The smallest absolute Gasteiger partial charge is 0.327 e. The summed E-state index contributed by atoms with van der Waals surface area (Å²) in [4.78, 5) is 32.8. The summed E-state index contributed by atoms with van der Waals surface area (Å²) in [7, 11) is 5.70. The van der Waals surface area contributed by atoms with Crippen molar-refractivity contribution in [3.05, 3.63) is 24.3 Å². The molecule has 0 saturated carbocycles. The van der Waals surface area contributed by atoms with Crippen LogP contribution in [0.2, 0.25) is 0 Å². The van der Waals surface area contributed by atoms with Crippen LogP contribution in [0.15, 0.2) is 24.3 Å². The highest BCUT2D eigenvalue weighted by Gasteiger charge is 2.24. The number of likely N-dealkylation sites (N-methyl/N-ethyl adjacent to an activating group) is 1. The molecule has 0 saturated heterocycles. The van der Waals surface area contributed by atoms with Crippen LogP contribution in [0.1, 0.15) is 25.7 Å². The van der Waals surface area contributed by atoms with E-state index < -0.39 is 24.0 Å². The number of carboxylic acid groups (broad SMARTS) is 2. The lowest BCUT2D eigenvalue weighted by atomic mass is 10.2. The summed E-state index contributed by atoms with van der Waals surface area (Å²) >= 11 is 0. The molecule has 0 radical (unpaired) electrons. The molecule has 0 spiro atoms. The van der Waals surface area contributed by atoms with Gasteiger partial charge in [-0.25, -0.2) is 4.79 Å². The number of quaternary nitrogens is 1. The zero-order valence-corrected chi connectivity index (χ0v) is 13.9. The molecule has 0 heterocycles. The molecule has 0 aliphatic rings. The summed E-state index contributed by atoms with van der Waals surface area (Å²) < 4.78 is 5.74. The minimum absolute atomic E-state index is 0.159. The van der Waals surface area contributed by atoms with Gasteiger partial charge in [0, 0.05) is 12.5 Å². The van der Waals surface area contributed by atoms with Gasteiger partial charge in [-0.3, -0.25) is 9.59 Å². The molecule has 130 valence electrons. The zero-order chi connectivity index (χ0) is 17.9. The molecule has 0 amide bonds. The van der Waals surface area contributed by atoms with Gasteiger partial charge in [-0.05, 0) is 12.8 Å². The van der Waals surface area contributed by atoms with Crippen molar-refractivity contribution in [2.45, 2.75) is 31.8 Å². The lowest BCUT2D eigenvalue weighted by molar-refractivity contribution is -0.873. The molecule has 0 rings (SSSR count). The predicted molar refractivity (Wildman–Crippen MR) is 84.8 cm³/mol. The number of nitrogens with zero attached hydrogens (tertiary/aromatic N) is 1. The minimum Gasteiger partial charge on any atom is -0.481 e. The number of carbonyl (C=O) groups excluding carboxylic acids is 1. The predicted octanol–water partition coefficient (Wildman–Crippen LogP) is 1.45. The Labute approximate surface area is 136 Å². The fraction of sp³-hybridized carbons (Fsp3) is 0.562. The van der Waals surface area contributed by atoms with Crippen molar-refractivity contribution in [1.29, 1.82) is 0 Å². The van der Waals surface area contributed by atoms with Gasteiger partial charge in [0.25, 0.3) is 0 Å². The molecule has 0 aliphatic carbocycles. The fourth-order valence-corrected chi connectivity index (χ4v) is 1.86. The van der Waals surface area contributed by atoms with Gasteiger partial charge in [0.2, 0.25) is 0 Å². The largest absolute Gasteiger partial charge is 0.481 e. The Morgan fingerprint density at radius 3 is 2.26 bits per heavy atom. The number of carboxylic acids is 2. The van der Waals surface area contributed by atoms with Gasteiger partial charge in [-0.15, -0.1) is 0 Å². The first-order chi connectivity index (χ1) is 10.6. The molecule has 7 heteroatoms. The van der Waals surface area contributed by atoms with E-state index in [2.05, 4.69) is 0 Å². The van der Waals surface area contributed by atoms with Crippen LogP contribution < -0.4 is 0 Å². The van der Waals surface area contributed by atoms with Crippen LogP contribution in [-0.4, -0.2) is 66.4 Å². The van der Waals surface area contributed by atoms with Crippen molar-refractivity contribution in [2.75, 3.05) is 27.7 Å². The molecule has 1 atom stereocenters. The number of hydrogen-bond donors (Lipinski definition) is 2. The van der Waals surface area contributed by atoms with E-state index in [0.29, 0.717) is 23.9 Å². The quantitative estimate of drug-likeness (QED) is 0.258. The zero-order valence-electron chi connectivity index (χ0n) is 13.9. The fourth-order valence-electron chi connectivity index (χ4n) is 1.86. The van der Waals surface area contributed by atoms with E-state index in [4.69, 9.17) is 14.9 Å². The summed E-state index contributed by atoms with van der Waals surface area (Å²) in [5.41, 5.74) is 0. The highest BCUT2D eigenvalue weighted by atomic mass is 16.5. The Balaban J connectivity index is 4.19. The summed E-state index contributed by atoms with van der Waals surface area (Å²) in [6.45, 7) is 0.424. The average Bonchev–Trinajstić information content (AvgIpc) is 2.34. The normalized spacial score (nSPS) is 13.3. The maximum Gasteiger partial charge on any atom is 0.327 e. The second-order valence-corrected chi connectivity index (χ2v) is 6.17.